The second-order valence-electron chi connectivity index (χ2n) is 11.3. The van der Waals surface area contributed by atoms with E-state index in [1.807, 2.05) is 34.9 Å². The Kier molecular flexibility index (Phi) is 7.64. The molecule has 11 nitrogen and oxygen atoms in total. The molecule has 2 aliphatic rings. The van der Waals surface area contributed by atoms with E-state index in [9.17, 15) is 18.0 Å². The Bertz CT molecular complexity index is 1580. The first kappa shape index (κ1) is 28.2. The molecule has 224 valence electrons. The van der Waals surface area contributed by atoms with Crippen molar-refractivity contribution in [2.75, 3.05) is 30.0 Å². The van der Waals surface area contributed by atoms with Crippen LogP contribution in [0, 0.1) is 11.8 Å². The lowest BCUT2D eigenvalue weighted by atomic mass is 9.83. The molecule has 2 fully saturated rings. The number of halogens is 3. The van der Waals surface area contributed by atoms with Crippen LogP contribution in [-0.4, -0.2) is 61.6 Å². The lowest BCUT2D eigenvalue weighted by Crippen LogP contribution is -2.41. The lowest BCUT2D eigenvalue weighted by molar-refractivity contribution is -0.138. The minimum absolute atomic E-state index is 0.0453. The van der Waals surface area contributed by atoms with Gasteiger partial charge in [0.25, 0.3) is 0 Å². The molecule has 2 N–H and O–H groups in total. The number of anilines is 2. The topological polar surface area (TPSA) is 127 Å². The number of nitrogens with zero attached hydrogens (tertiary/aromatic N) is 6. The van der Waals surface area contributed by atoms with Crippen molar-refractivity contribution in [3.05, 3.63) is 46.4 Å². The van der Waals surface area contributed by atoms with Gasteiger partial charge in [-0.15, -0.1) is 0 Å². The van der Waals surface area contributed by atoms with Crippen LogP contribution in [0.1, 0.15) is 51.1 Å². The van der Waals surface area contributed by atoms with Gasteiger partial charge in [-0.25, -0.2) is 14.8 Å². The molecule has 4 aromatic rings. The van der Waals surface area contributed by atoms with E-state index >= 15 is 0 Å². The number of alkyl halides is 3. The summed E-state index contributed by atoms with van der Waals surface area (Å²) in [7, 11) is 0. The van der Waals surface area contributed by atoms with Gasteiger partial charge < -0.3 is 19.5 Å². The van der Waals surface area contributed by atoms with Gasteiger partial charge in [0.2, 0.25) is 17.6 Å². The predicted molar refractivity (Wildman–Crippen MR) is 149 cm³/mol. The van der Waals surface area contributed by atoms with Crippen molar-refractivity contribution in [2.45, 2.75) is 64.3 Å². The summed E-state index contributed by atoms with van der Waals surface area (Å²) in [6.07, 6.45) is -0.339. The van der Waals surface area contributed by atoms with Gasteiger partial charge in [-0.3, -0.25) is 9.51 Å². The highest BCUT2D eigenvalue weighted by atomic mass is 19.4. The molecule has 0 amide bonds. The van der Waals surface area contributed by atoms with E-state index in [1.165, 1.54) is 0 Å². The molecule has 14 heteroatoms. The summed E-state index contributed by atoms with van der Waals surface area (Å²) in [6, 6.07) is 7.85. The number of rotatable bonds is 7. The summed E-state index contributed by atoms with van der Waals surface area (Å²) in [5.74, 6) is 0.462. The van der Waals surface area contributed by atoms with E-state index in [-0.39, 0.29) is 29.2 Å². The average molecular weight is 587 g/mol. The van der Waals surface area contributed by atoms with Crippen molar-refractivity contribution in [1.29, 1.82) is 0 Å². The SMILES string of the molecule is CC1CCC(Cn2c(N3CCOC[C@H]3c3ccccc3)nc3nc(-c4noc(=O)[nH]4)nc(N[C@H](C)C(F)(F)F)c32)CC1. The Morgan fingerprint density at radius 1 is 1.12 bits per heavy atom. The number of aromatic amines is 1. The van der Waals surface area contributed by atoms with Crippen LogP contribution in [-0.2, 0) is 11.3 Å². The third-order valence-corrected chi connectivity index (χ3v) is 8.23. The van der Waals surface area contributed by atoms with Crippen LogP contribution in [0.15, 0.2) is 39.6 Å². The fourth-order valence-electron chi connectivity index (χ4n) is 5.80. The van der Waals surface area contributed by atoms with Crippen molar-refractivity contribution in [3.63, 3.8) is 0 Å². The monoisotopic (exact) mass is 586 g/mol. The van der Waals surface area contributed by atoms with Gasteiger partial charge in [-0.05, 0) is 37.2 Å². The number of aromatic nitrogens is 6. The Labute approximate surface area is 239 Å². The fourth-order valence-corrected chi connectivity index (χ4v) is 5.80. The Morgan fingerprint density at radius 2 is 1.88 bits per heavy atom. The van der Waals surface area contributed by atoms with Gasteiger partial charge in [0.1, 0.15) is 11.6 Å². The van der Waals surface area contributed by atoms with Gasteiger partial charge in [-0.2, -0.15) is 18.2 Å². The minimum Gasteiger partial charge on any atom is -0.377 e. The van der Waals surface area contributed by atoms with Gasteiger partial charge in [0.05, 0.1) is 19.3 Å². The van der Waals surface area contributed by atoms with Crippen molar-refractivity contribution >= 4 is 22.9 Å². The van der Waals surface area contributed by atoms with Crippen LogP contribution in [0.2, 0.25) is 0 Å². The number of nitrogens with one attached hydrogen (secondary N) is 2. The highest BCUT2D eigenvalue weighted by Gasteiger charge is 2.38. The molecular formula is C28H33F3N8O3. The first-order chi connectivity index (χ1) is 20.2. The zero-order valence-electron chi connectivity index (χ0n) is 23.4. The normalized spacial score (nSPS) is 22.4. The smallest absolute Gasteiger partial charge is 0.377 e. The lowest BCUT2D eigenvalue weighted by Gasteiger charge is -2.37. The second-order valence-corrected chi connectivity index (χ2v) is 11.3. The summed E-state index contributed by atoms with van der Waals surface area (Å²) in [5, 5.41) is 6.21. The van der Waals surface area contributed by atoms with E-state index in [2.05, 4.69) is 41.8 Å². The van der Waals surface area contributed by atoms with E-state index in [4.69, 9.17) is 9.72 Å². The van der Waals surface area contributed by atoms with Crippen LogP contribution in [0.3, 0.4) is 0 Å². The van der Waals surface area contributed by atoms with E-state index in [1.54, 1.807) is 0 Å². The Balaban J connectivity index is 1.53. The van der Waals surface area contributed by atoms with Gasteiger partial charge in [0.15, 0.2) is 11.5 Å². The molecule has 1 saturated heterocycles. The molecule has 1 aliphatic carbocycles. The maximum atomic E-state index is 13.8. The zero-order chi connectivity index (χ0) is 29.4. The molecule has 0 bridgehead atoms. The fraction of sp³-hybridized carbons (Fsp3) is 0.536. The molecule has 1 saturated carbocycles. The minimum atomic E-state index is -4.53. The largest absolute Gasteiger partial charge is 0.439 e. The summed E-state index contributed by atoms with van der Waals surface area (Å²) < 4.78 is 53.8. The molecule has 3 aromatic heterocycles. The van der Waals surface area contributed by atoms with Crippen molar-refractivity contribution in [3.8, 4) is 11.6 Å². The van der Waals surface area contributed by atoms with Crippen LogP contribution >= 0.6 is 0 Å². The Hall–Kier alpha value is -3.94. The number of morpholine rings is 1. The third-order valence-electron chi connectivity index (χ3n) is 8.23. The maximum absolute atomic E-state index is 13.8. The third kappa shape index (κ3) is 5.72. The zero-order valence-corrected chi connectivity index (χ0v) is 23.4. The molecule has 1 aromatic carbocycles. The first-order valence-corrected chi connectivity index (χ1v) is 14.2. The second kappa shape index (κ2) is 11.4. The molecular weight excluding hydrogens is 553 g/mol. The summed E-state index contributed by atoms with van der Waals surface area (Å²) in [4.78, 5) is 30.1. The molecule has 1 aliphatic heterocycles. The molecule has 0 radical (unpaired) electrons. The number of ether oxygens (including phenoxy) is 1. The summed E-state index contributed by atoms with van der Waals surface area (Å²) in [5.41, 5.74) is 1.60. The number of imidazole rings is 1. The van der Waals surface area contributed by atoms with Gasteiger partial charge in [-0.1, -0.05) is 55.3 Å². The molecule has 6 rings (SSSR count). The average Bonchev–Trinajstić information content (AvgIpc) is 3.58. The number of benzene rings is 1. The van der Waals surface area contributed by atoms with Crippen molar-refractivity contribution < 1.29 is 22.4 Å². The standard InChI is InChI=1S/C28H33F3N8O3/c1-16-8-10-18(11-9-16)14-39-21-22(32-17(2)28(29,30)31)33-24(25-36-27(40)42-37-25)34-23(21)35-26(39)38-12-13-41-15-20(38)19-6-4-3-5-7-19/h3-7,16-18,20H,8-15H2,1-2H3,(H,32,33,34)(H,36,37,40)/t16?,17-,18?,20+/m1/s1. The molecule has 2 atom stereocenters. The molecule has 42 heavy (non-hydrogen) atoms. The van der Waals surface area contributed by atoms with Gasteiger partial charge in [0, 0.05) is 13.1 Å². The number of hydrogen-bond donors (Lipinski definition) is 2. The predicted octanol–water partition coefficient (Wildman–Crippen LogP) is 4.94. The highest BCUT2D eigenvalue weighted by molar-refractivity contribution is 5.87. The molecule has 0 spiro atoms. The van der Waals surface area contributed by atoms with Gasteiger partial charge >= 0.3 is 11.9 Å². The molecule has 0 unspecified atom stereocenters. The number of H-pyrrole nitrogens is 1. The Morgan fingerprint density at radius 3 is 2.57 bits per heavy atom. The van der Waals surface area contributed by atoms with Crippen LogP contribution in [0.25, 0.3) is 22.8 Å². The van der Waals surface area contributed by atoms with E-state index < -0.39 is 18.0 Å². The first-order valence-electron chi connectivity index (χ1n) is 14.2. The van der Waals surface area contributed by atoms with Crippen LogP contribution in [0.4, 0.5) is 24.9 Å². The molecule has 4 heterocycles. The van der Waals surface area contributed by atoms with Crippen LogP contribution in [0.5, 0.6) is 0 Å². The maximum Gasteiger partial charge on any atom is 0.439 e. The van der Waals surface area contributed by atoms with Crippen molar-refractivity contribution in [1.82, 2.24) is 29.7 Å². The van der Waals surface area contributed by atoms with Crippen LogP contribution < -0.4 is 16.0 Å². The summed E-state index contributed by atoms with van der Waals surface area (Å²) in [6.45, 7) is 5.27. The number of fused-ring (bicyclic) bond motifs is 1. The van der Waals surface area contributed by atoms with Crippen molar-refractivity contribution in [2.24, 2.45) is 11.8 Å². The summed E-state index contributed by atoms with van der Waals surface area (Å²) >= 11 is 0. The van der Waals surface area contributed by atoms with E-state index in [0.717, 1.165) is 38.2 Å². The number of hydrogen-bond acceptors (Lipinski definition) is 9. The van der Waals surface area contributed by atoms with E-state index in [0.29, 0.717) is 49.6 Å². The highest BCUT2D eigenvalue weighted by Crippen LogP contribution is 2.38. The quantitative estimate of drug-likeness (QED) is 0.310.